The van der Waals surface area contributed by atoms with E-state index in [1.54, 1.807) is 13.1 Å². The van der Waals surface area contributed by atoms with Gasteiger partial charge >= 0.3 is 0 Å². The van der Waals surface area contributed by atoms with Crippen LogP contribution in [0, 0.1) is 11.3 Å². The maximum absolute atomic E-state index is 8.39. The summed E-state index contributed by atoms with van der Waals surface area (Å²) in [4.78, 5) is 3.85. The minimum Gasteiger partial charge on any atom is -0.440 e. The molecule has 1 rings (SSSR count). The minimum absolute atomic E-state index is 0.0985. The lowest BCUT2D eigenvalue weighted by Gasteiger charge is -1.93. The van der Waals surface area contributed by atoms with E-state index in [1.165, 1.54) is 18.0 Å². The van der Waals surface area contributed by atoms with Crippen molar-refractivity contribution in [2.75, 3.05) is 0 Å². The molecule has 1 aromatic rings. The molecule has 0 N–H and O–H groups in total. The highest BCUT2D eigenvalue weighted by atomic mass is 32.2. The Morgan fingerprint density at radius 2 is 2.70 bits per heavy atom. The number of aromatic nitrogens is 1. The second-order valence-corrected chi connectivity index (χ2v) is 2.98. The van der Waals surface area contributed by atoms with E-state index in [4.69, 9.17) is 9.68 Å². The Kier molecular flexibility index (Phi) is 2.35. The first-order chi connectivity index (χ1) is 4.83. The van der Waals surface area contributed by atoms with Crippen LogP contribution in [0.2, 0.25) is 0 Å². The molecule has 0 amide bonds. The summed E-state index contributed by atoms with van der Waals surface area (Å²) in [6, 6.07) is 2.07. The summed E-state index contributed by atoms with van der Waals surface area (Å²) in [5.41, 5.74) is 0. The van der Waals surface area contributed by atoms with Crippen LogP contribution < -0.4 is 0 Å². The summed E-state index contributed by atoms with van der Waals surface area (Å²) < 4.78 is 4.91. The summed E-state index contributed by atoms with van der Waals surface area (Å²) in [5.74, 6) is 0. The molecule has 0 bridgehead atoms. The predicted octanol–water partition coefficient (Wildman–Crippen LogP) is 1.68. The first kappa shape index (κ1) is 7.16. The fraction of sp³-hybridized carbons (Fsp3) is 0.333. The SMILES string of the molecule is CC(C#N)Sc1ncco1. The second-order valence-electron chi connectivity index (χ2n) is 1.69. The van der Waals surface area contributed by atoms with Crippen LogP contribution in [0.25, 0.3) is 0 Å². The average molecular weight is 154 g/mol. The smallest absolute Gasteiger partial charge is 0.256 e. The summed E-state index contributed by atoms with van der Waals surface area (Å²) in [7, 11) is 0. The van der Waals surface area contributed by atoms with Crippen LogP contribution in [-0.2, 0) is 0 Å². The number of hydrogen-bond donors (Lipinski definition) is 0. The molecule has 1 heterocycles. The summed E-state index contributed by atoms with van der Waals surface area (Å²) >= 11 is 1.31. The van der Waals surface area contributed by atoms with E-state index in [0.717, 1.165) is 0 Å². The van der Waals surface area contributed by atoms with Gasteiger partial charge in [-0.2, -0.15) is 5.26 Å². The lowest BCUT2D eigenvalue weighted by atomic mass is 10.5. The van der Waals surface area contributed by atoms with Gasteiger partial charge in [-0.3, -0.25) is 0 Å². The normalized spacial score (nSPS) is 12.4. The standard InChI is InChI=1S/C6H6N2OS/c1-5(4-7)10-6-8-2-3-9-6/h2-3,5H,1H3. The molecule has 0 fully saturated rings. The fourth-order valence-electron chi connectivity index (χ4n) is 0.446. The van der Waals surface area contributed by atoms with Crippen LogP contribution in [0.15, 0.2) is 22.1 Å². The van der Waals surface area contributed by atoms with E-state index in [0.29, 0.717) is 5.22 Å². The van der Waals surface area contributed by atoms with Gasteiger partial charge in [0.05, 0.1) is 17.5 Å². The number of oxazole rings is 1. The van der Waals surface area contributed by atoms with Crippen molar-refractivity contribution in [3.05, 3.63) is 12.5 Å². The molecule has 0 saturated carbocycles. The van der Waals surface area contributed by atoms with Gasteiger partial charge in [-0.25, -0.2) is 4.98 Å². The van der Waals surface area contributed by atoms with Crippen LogP contribution >= 0.6 is 11.8 Å². The van der Waals surface area contributed by atoms with Gasteiger partial charge in [0.1, 0.15) is 6.26 Å². The molecule has 0 aliphatic carbocycles. The van der Waals surface area contributed by atoms with Crippen molar-refractivity contribution in [1.82, 2.24) is 4.98 Å². The quantitative estimate of drug-likeness (QED) is 0.608. The van der Waals surface area contributed by atoms with E-state index < -0.39 is 0 Å². The zero-order valence-electron chi connectivity index (χ0n) is 5.44. The topological polar surface area (TPSA) is 49.8 Å². The fourth-order valence-corrected chi connectivity index (χ4v) is 1.03. The third-order valence-electron chi connectivity index (χ3n) is 0.869. The molecular weight excluding hydrogens is 148 g/mol. The van der Waals surface area contributed by atoms with Gasteiger partial charge in [0, 0.05) is 0 Å². The van der Waals surface area contributed by atoms with Gasteiger partial charge in [0.15, 0.2) is 0 Å². The molecule has 1 aromatic heterocycles. The van der Waals surface area contributed by atoms with Crippen molar-refractivity contribution in [1.29, 1.82) is 5.26 Å². The van der Waals surface area contributed by atoms with Gasteiger partial charge in [0.25, 0.3) is 5.22 Å². The Morgan fingerprint density at radius 1 is 1.90 bits per heavy atom. The predicted molar refractivity (Wildman–Crippen MR) is 37.4 cm³/mol. The number of nitriles is 1. The Morgan fingerprint density at radius 3 is 3.20 bits per heavy atom. The Labute approximate surface area is 63.1 Å². The first-order valence-corrected chi connectivity index (χ1v) is 3.66. The van der Waals surface area contributed by atoms with E-state index in [1.807, 2.05) is 0 Å². The molecule has 0 radical (unpaired) electrons. The van der Waals surface area contributed by atoms with Gasteiger partial charge in [-0.05, 0) is 18.7 Å². The molecule has 1 unspecified atom stereocenters. The van der Waals surface area contributed by atoms with Crippen molar-refractivity contribution in [2.45, 2.75) is 17.4 Å². The Hall–Kier alpha value is -0.950. The van der Waals surface area contributed by atoms with Crippen molar-refractivity contribution >= 4 is 11.8 Å². The molecule has 4 heteroatoms. The molecular formula is C6H6N2OS. The molecule has 0 aromatic carbocycles. The number of hydrogen-bond acceptors (Lipinski definition) is 4. The molecule has 0 spiro atoms. The molecule has 0 saturated heterocycles. The molecule has 3 nitrogen and oxygen atoms in total. The molecule has 0 aliphatic heterocycles. The molecule has 52 valence electrons. The van der Waals surface area contributed by atoms with Crippen molar-refractivity contribution in [2.24, 2.45) is 0 Å². The summed E-state index contributed by atoms with van der Waals surface area (Å²) in [5, 5.41) is 8.84. The summed E-state index contributed by atoms with van der Waals surface area (Å²) in [6.07, 6.45) is 3.05. The lowest BCUT2D eigenvalue weighted by molar-refractivity contribution is 0.454. The summed E-state index contributed by atoms with van der Waals surface area (Å²) in [6.45, 7) is 1.80. The zero-order valence-corrected chi connectivity index (χ0v) is 6.26. The van der Waals surface area contributed by atoms with Gasteiger partial charge in [-0.1, -0.05) is 0 Å². The van der Waals surface area contributed by atoms with Crippen molar-refractivity contribution in [3.8, 4) is 6.07 Å². The van der Waals surface area contributed by atoms with Gasteiger partial charge in [0.2, 0.25) is 0 Å². The second kappa shape index (κ2) is 3.28. The van der Waals surface area contributed by atoms with Gasteiger partial charge in [-0.15, -0.1) is 0 Å². The van der Waals surface area contributed by atoms with E-state index in [9.17, 15) is 0 Å². The number of thioether (sulfide) groups is 1. The highest BCUT2D eigenvalue weighted by Gasteiger charge is 2.04. The maximum atomic E-state index is 8.39. The monoisotopic (exact) mass is 154 g/mol. The minimum atomic E-state index is -0.0985. The van der Waals surface area contributed by atoms with Crippen LogP contribution in [0.3, 0.4) is 0 Å². The molecule has 0 aliphatic rings. The average Bonchev–Trinajstić information content (AvgIpc) is 2.40. The third kappa shape index (κ3) is 1.78. The van der Waals surface area contributed by atoms with Crippen LogP contribution in [0.4, 0.5) is 0 Å². The Bertz CT molecular complexity index is 226. The van der Waals surface area contributed by atoms with Crippen molar-refractivity contribution < 1.29 is 4.42 Å². The molecule has 1 atom stereocenters. The highest BCUT2D eigenvalue weighted by Crippen LogP contribution is 2.19. The highest BCUT2D eigenvalue weighted by molar-refractivity contribution is 7.99. The lowest BCUT2D eigenvalue weighted by Crippen LogP contribution is -1.88. The number of nitrogens with zero attached hydrogens (tertiary/aromatic N) is 2. The maximum Gasteiger partial charge on any atom is 0.256 e. The Balaban J connectivity index is 2.50. The largest absolute Gasteiger partial charge is 0.440 e. The van der Waals surface area contributed by atoms with Crippen LogP contribution in [0.5, 0.6) is 0 Å². The van der Waals surface area contributed by atoms with E-state index in [-0.39, 0.29) is 5.25 Å². The van der Waals surface area contributed by atoms with Crippen LogP contribution in [-0.4, -0.2) is 10.2 Å². The molecule has 10 heavy (non-hydrogen) atoms. The number of rotatable bonds is 2. The zero-order chi connectivity index (χ0) is 7.40. The first-order valence-electron chi connectivity index (χ1n) is 2.78. The van der Waals surface area contributed by atoms with Crippen molar-refractivity contribution in [3.63, 3.8) is 0 Å². The van der Waals surface area contributed by atoms with E-state index in [2.05, 4.69) is 11.1 Å². The third-order valence-corrected chi connectivity index (χ3v) is 1.73. The van der Waals surface area contributed by atoms with Gasteiger partial charge < -0.3 is 4.42 Å². The van der Waals surface area contributed by atoms with Crippen LogP contribution in [0.1, 0.15) is 6.92 Å². The van der Waals surface area contributed by atoms with E-state index >= 15 is 0 Å².